The van der Waals surface area contributed by atoms with Crippen LogP contribution in [0.3, 0.4) is 0 Å². The van der Waals surface area contributed by atoms with Crippen LogP contribution < -0.4 is 0 Å². The molecule has 0 bridgehead atoms. The Balaban J connectivity index is 2.34. The van der Waals surface area contributed by atoms with Gasteiger partial charge in [-0.1, -0.05) is 11.6 Å². The summed E-state index contributed by atoms with van der Waals surface area (Å²) in [6.45, 7) is 4.44. The number of benzene rings is 1. The standard InChI is InChI=1S/C13H17Cl2NO3S/c1-9-7-16(8-10(2)19-9)20(17,18)12-3-4-13(15)11(5-12)6-14/h3-5,9-10H,6-8H2,1-2H3. The van der Waals surface area contributed by atoms with Crippen LogP contribution in [-0.4, -0.2) is 38.0 Å². The summed E-state index contributed by atoms with van der Waals surface area (Å²) in [6, 6.07) is 4.62. The molecule has 1 heterocycles. The molecule has 2 rings (SSSR count). The predicted octanol–water partition coefficient (Wildman–Crippen LogP) is 2.88. The minimum atomic E-state index is -3.54. The van der Waals surface area contributed by atoms with E-state index in [9.17, 15) is 8.42 Å². The minimum Gasteiger partial charge on any atom is -0.373 e. The highest BCUT2D eigenvalue weighted by Crippen LogP contribution is 2.26. The topological polar surface area (TPSA) is 46.6 Å². The summed E-state index contributed by atoms with van der Waals surface area (Å²) in [4.78, 5) is 0.221. The quantitative estimate of drug-likeness (QED) is 0.796. The molecule has 2 unspecified atom stereocenters. The maximum atomic E-state index is 12.6. The summed E-state index contributed by atoms with van der Waals surface area (Å²) in [7, 11) is -3.54. The Hall–Kier alpha value is -0.330. The number of hydrogen-bond donors (Lipinski definition) is 0. The Labute approximate surface area is 129 Å². The van der Waals surface area contributed by atoms with E-state index in [1.54, 1.807) is 6.07 Å². The van der Waals surface area contributed by atoms with Gasteiger partial charge in [0.2, 0.25) is 10.0 Å². The molecule has 1 aliphatic rings. The second-order valence-corrected chi connectivity index (χ2v) is 7.58. The summed E-state index contributed by atoms with van der Waals surface area (Å²) in [6.07, 6.45) is -0.235. The van der Waals surface area contributed by atoms with Crippen LogP contribution in [-0.2, 0) is 20.6 Å². The molecule has 112 valence electrons. The number of ether oxygens (including phenoxy) is 1. The van der Waals surface area contributed by atoms with E-state index in [1.165, 1.54) is 16.4 Å². The molecule has 1 fully saturated rings. The number of nitrogens with zero attached hydrogens (tertiary/aromatic N) is 1. The molecule has 2 atom stereocenters. The lowest BCUT2D eigenvalue weighted by molar-refractivity contribution is -0.0440. The summed E-state index contributed by atoms with van der Waals surface area (Å²) in [5.74, 6) is 0.179. The third-order valence-corrected chi connectivity index (χ3v) is 5.67. The van der Waals surface area contributed by atoms with Crippen LogP contribution in [0.5, 0.6) is 0 Å². The zero-order valence-corrected chi connectivity index (χ0v) is 13.7. The van der Waals surface area contributed by atoms with E-state index in [4.69, 9.17) is 27.9 Å². The molecule has 0 radical (unpaired) electrons. The first-order valence-electron chi connectivity index (χ1n) is 6.34. The van der Waals surface area contributed by atoms with E-state index in [2.05, 4.69) is 0 Å². The number of alkyl halides is 1. The fraction of sp³-hybridized carbons (Fsp3) is 0.538. The third kappa shape index (κ3) is 3.28. The average molecular weight is 338 g/mol. The molecule has 1 saturated heterocycles. The Bertz CT molecular complexity index is 581. The highest BCUT2D eigenvalue weighted by atomic mass is 35.5. The molecular formula is C13H17Cl2NO3S. The summed E-state index contributed by atoms with van der Waals surface area (Å²) < 4.78 is 32.3. The monoisotopic (exact) mass is 337 g/mol. The molecule has 0 spiro atoms. The van der Waals surface area contributed by atoms with Crippen molar-refractivity contribution in [2.24, 2.45) is 0 Å². The molecule has 1 aliphatic heterocycles. The number of halogens is 2. The van der Waals surface area contributed by atoms with Crippen LogP contribution in [0.4, 0.5) is 0 Å². The van der Waals surface area contributed by atoms with E-state index in [0.717, 1.165) is 0 Å². The second-order valence-electron chi connectivity index (χ2n) is 4.97. The van der Waals surface area contributed by atoms with Crippen molar-refractivity contribution in [2.75, 3.05) is 13.1 Å². The first-order chi connectivity index (χ1) is 9.34. The maximum Gasteiger partial charge on any atom is 0.243 e. The molecule has 1 aromatic rings. The van der Waals surface area contributed by atoms with Crippen molar-refractivity contribution in [1.29, 1.82) is 0 Å². The van der Waals surface area contributed by atoms with Crippen molar-refractivity contribution in [3.63, 3.8) is 0 Å². The van der Waals surface area contributed by atoms with Crippen LogP contribution in [0.25, 0.3) is 0 Å². The fourth-order valence-corrected chi connectivity index (χ4v) is 4.41. The molecule has 7 heteroatoms. The summed E-state index contributed by atoms with van der Waals surface area (Å²) >= 11 is 11.7. The van der Waals surface area contributed by atoms with Crippen LogP contribution >= 0.6 is 23.2 Å². The van der Waals surface area contributed by atoms with Crippen molar-refractivity contribution >= 4 is 33.2 Å². The second kappa shape index (κ2) is 6.20. The van der Waals surface area contributed by atoms with Gasteiger partial charge in [-0.3, -0.25) is 0 Å². The lowest BCUT2D eigenvalue weighted by Crippen LogP contribution is -2.48. The fourth-order valence-electron chi connectivity index (χ4n) is 2.29. The molecule has 0 aliphatic carbocycles. The Morgan fingerprint density at radius 2 is 1.90 bits per heavy atom. The van der Waals surface area contributed by atoms with E-state index in [-0.39, 0.29) is 23.0 Å². The Morgan fingerprint density at radius 1 is 1.30 bits per heavy atom. The third-order valence-electron chi connectivity index (χ3n) is 3.19. The van der Waals surface area contributed by atoms with Crippen molar-refractivity contribution in [2.45, 2.75) is 36.8 Å². The molecule has 0 saturated carbocycles. The lowest BCUT2D eigenvalue weighted by Gasteiger charge is -2.34. The van der Waals surface area contributed by atoms with Crippen LogP contribution in [0.1, 0.15) is 19.4 Å². The molecule has 20 heavy (non-hydrogen) atoms. The van der Waals surface area contributed by atoms with Crippen LogP contribution in [0, 0.1) is 0 Å². The SMILES string of the molecule is CC1CN(S(=O)(=O)c2ccc(Cl)c(CCl)c2)CC(C)O1. The van der Waals surface area contributed by atoms with Gasteiger partial charge in [0, 0.05) is 24.0 Å². The largest absolute Gasteiger partial charge is 0.373 e. The summed E-state index contributed by atoms with van der Waals surface area (Å²) in [5.41, 5.74) is 0.615. The van der Waals surface area contributed by atoms with Crippen molar-refractivity contribution in [3.8, 4) is 0 Å². The van der Waals surface area contributed by atoms with E-state index in [0.29, 0.717) is 23.7 Å². The lowest BCUT2D eigenvalue weighted by atomic mass is 10.2. The van der Waals surface area contributed by atoms with E-state index in [1.807, 2.05) is 13.8 Å². The van der Waals surface area contributed by atoms with Crippen molar-refractivity contribution < 1.29 is 13.2 Å². The molecule has 4 nitrogen and oxygen atoms in total. The van der Waals surface area contributed by atoms with Gasteiger partial charge in [-0.25, -0.2) is 8.42 Å². The average Bonchev–Trinajstić information content (AvgIpc) is 2.37. The van der Waals surface area contributed by atoms with Crippen molar-refractivity contribution in [3.05, 3.63) is 28.8 Å². The van der Waals surface area contributed by atoms with E-state index < -0.39 is 10.0 Å². The zero-order valence-electron chi connectivity index (χ0n) is 11.3. The van der Waals surface area contributed by atoms with Gasteiger partial charge >= 0.3 is 0 Å². The molecule has 1 aromatic carbocycles. The number of rotatable bonds is 3. The van der Waals surface area contributed by atoms with Gasteiger partial charge in [-0.15, -0.1) is 11.6 Å². The molecular weight excluding hydrogens is 321 g/mol. The van der Waals surface area contributed by atoms with Crippen LogP contribution in [0.15, 0.2) is 23.1 Å². The highest BCUT2D eigenvalue weighted by Gasteiger charge is 2.32. The van der Waals surface area contributed by atoms with Gasteiger partial charge in [0.1, 0.15) is 0 Å². The van der Waals surface area contributed by atoms with Gasteiger partial charge in [0.25, 0.3) is 0 Å². The molecule has 0 aromatic heterocycles. The predicted molar refractivity (Wildman–Crippen MR) is 79.8 cm³/mol. The van der Waals surface area contributed by atoms with Gasteiger partial charge in [-0.05, 0) is 37.6 Å². The maximum absolute atomic E-state index is 12.6. The summed E-state index contributed by atoms with van der Waals surface area (Å²) in [5, 5.41) is 0.475. The van der Waals surface area contributed by atoms with Gasteiger partial charge < -0.3 is 4.74 Å². The Morgan fingerprint density at radius 3 is 2.45 bits per heavy atom. The van der Waals surface area contributed by atoms with Crippen molar-refractivity contribution in [1.82, 2.24) is 4.31 Å². The zero-order chi connectivity index (χ0) is 14.9. The first-order valence-corrected chi connectivity index (χ1v) is 8.70. The number of sulfonamides is 1. The van der Waals surface area contributed by atoms with Gasteiger partial charge in [0.15, 0.2) is 0 Å². The van der Waals surface area contributed by atoms with Crippen LogP contribution in [0.2, 0.25) is 5.02 Å². The number of hydrogen-bond acceptors (Lipinski definition) is 3. The molecule has 0 amide bonds. The highest BCUT2D eigenvalue weighted by molar-refractivity contribution is 7.89. The first kappa shape index (κ1) is 16.0. The normalized spacial score (nSPS) is 24.8. The minimum absolute atomic E-state index is 0.117. The smallest absolute Gasteiger partial charge is 0.243 e. The van der Waals surface area contributed by atoms with Gasteiger partial charge in [0.05, 0.1) is 17.1 Å². The Kier molecular flexibility index (Phi) is 4.97. The number of morpholine rings is 1. The molecule has 0 N–H and O–H groups in total. The van der Waals surface area contributed by atoms with Gasteiger partial charge in [-0.2, -0.15) is 4.31 Å². The van der Waals surface area contributed by atoms with E-state index >= 15 is 0 Å².